The average molecular weight is 417 g/mol. The lowest BCUT2D eigenvalue weighted by molar-refractivity contribution is 0.102. The number of H-pyrrole nitrogens is 1. The number of amides is 1. The van der Waals surface area contributed by atoms with E-state index >= 15 is 0 Å². The van der Waals surface area contributed by atoms with Gasteiger partial charge in [0.15, 0.2) is 11.6 Å². The zero-order valence-electron chi connectivity index (χ0n) is 15.3. The van der Waals surface area contributed by atoms with E-state index in [2.05, 4.69) is 25.7 Å². The van der Waals surface area contributed by atoms with Gasteiger partial charge < -0.3 is 10.4 Å². The number of nitriles is 1. The van der Waals surface area contributed by atoms with Crippen molar-refractivity contribution in [2.45, 2.75) is 0 Å². The Morgan fingerprint density at radius 3 is 2.80 bits per heavy atom. The number of aromatic hydroxyl groups is 1. The number of benzene rings is 3. The number of carbonyl (C=O) groups is 1. The second-order valence-electron chi connectivity index (χ2n) is 6.25. The first-order chi connectivity index (χ1) is 14.6. The summed E-state index contributed by atoms with van der Waals surface area (Å²) in [6.45, 7) is 0. The smallest absolute Gasteiger partial charge is 0.259 e. The highest BCUT2D eigenvalue weighted by Gasteiger charge is 2.19. The number of carbonyl (C=O) groups excluding carboxylic acids is 1. The molecule has 146 valence electrons. The monoisotopic (exact) mass is 416 g/mol. The topological polar surface area (TPSA) is 127 Å². The van der Waals surface area contributed by atoms with Crippen molar-refractivity contribution in [3.8, 4) is 11.8 Å². The van der Waals surface area contributed by atoms with Crippen molar-refractivity contribution in [3.05, 3.63) is 76.9 Å². The molecule has 1 aromatic heterocycles. The lowest BCUT2D eigenvalue weighted by Gasteiger charge is -2.11. The van der Waals surface area contributed by atoms with Gasteiger partial charge in [0, 0.05) is 16.1 Å². The summed E-state index contributed by atoms with van der Waals surface area (Å²) in [5.41, 5.74) is 0.812. The molecule has 0 aliphatic rings. The predicted octanol–water partition coefficient (Wildman–Crippen LogP) is 5.46. The SMILES string of the molecule is N#Cc1cn[nH]c1N=Nc1c(O)c(C(=O)Nc2cccc(Cl)c2)cc2ccccc12. The molecule has 1 heterocycles. The van der Waals surface area contributed by atoms with Crippen LogP contribution in [0.5, 0.6) is 5.75 Å². The van der Waals surface area contributed by atoms with Gasteiger partial charge in [-0.15, -0.1) is 10.2 Å². The van der Waals surface area contributed by atoms with Gasteiger partial charge in [-0.3, -0.25) is 9.89 Å². The van der Waals surface area contributed by atoms with Crippen molar-refractivity contribution in [2.75, 3.05) is 5.32 Å². The van der Waals surface area contributed by atoms with Gasteiger partial charge in [0.1, 0.15) is 17.3 Å². The minimum absolute atomic E-state index is 0.0211. The molecular formula is C21H13ClN6O2. The minimum Gasteiger partial charge on any atom is -0.505 e. The number of azo groups is 1. The Hall–Kier alpha value is -4.22. The highest BCUT2D eigenvalue weighted by atomic mass is 35.5. The fraction of sp³-hybridized carbons (Fsp3) is 0. The van der Waals surface area contributed by atoms with Crippen LogP contribution in [0.15, 0.2) is 71.0 Å². The van der Waals surface area contributed by atoms with Crippen LogP contribution in [0.4, 0.5) is 17.2 Å². The van der Waals surface area contributed by atoms with Crippen LogP contribution in [0.25, 0.3) is 10.8 Å². The second-order valence-corrected chi connectivity index (χ2v) is 6.69. The molecule has 0 atom stereocenters. The number of nitrogens with one attached hydrogen (secondary N) is 2. The van der Waals surface area contributed by atoms with Crippen molar-refractivity contribution in [2.24, 2.45) is 10.2 Å². The molecule has 0 aliphatic heterocycles. The van der Waals surface area contributed by atoms with Crippen LogP contribution in [0.1, 0.15) is 15.9 Å². The maximum absolute atomic E-state index is 12.8. The fourth-order valence-electron chi connectivity index (χ4n) is 2.89. The molecule has 0 aliphatic carbocycles. The molecular weight excluding hydrogens is 404 g/mol. The summed E-state index contributed by atoms with van der Waals surface area (Å²) in [6, 6.07) is 17.3. The van der Waals surface area contributed by atoms with Gasteiger partial charge in [-0.05, 0) is 29.7 Å². The number of anilines is 1. The highest BCUT2D eigenvalue weighted by molar-refractivity contribution is 6.31. The summed E-state index contributed by atoms with van der Waals surface area (Å²) in [4.78, 5) is 12.8. The van der Waals surface area contributed by atoms with Gasteiger partial charge in [-0.25, -0.2) is 0 Å². The number of phenolic OH excluding ortho intramolecular Hbond substituents is 1. The van der Waals surface area contributed by atoms with Gasteiger partial charge in [0.05, 0.1) is 11.8 Å². The molecule has 3 N–H and O–H groups in total. The van der Waals surface area contributed by atoms with Gasteiger partial charge in [-0.2, -0.15) is 10.4 Å². The third-order valence-corrected chi connectivity index (χ3v) is 4.55. The van der Waals surface area contributed by atoms with E-state index in [0.717, 1.165) is 0 Å². The van der Waals surface area contributed by atoms with Crippen molar-refractivity contribution >= 4 is 45.5 Å². The summed E-state index contributed by atoms with van der Waals surface area (Å²) in [6.07, 6.45) is 1.32. The van der Waals surface area contributed by atoms with Crippen LogP contribution >= 0.6 is 11.6 Å². The molecule has 8 nitrogen and oxygen atoms in total. The van der Waals surface area contributed by atoms with E-state index in [4.69, 9.17) is 16.9 Å². The molecule has 1 amide bonds. The summed E-state index contributed by atoms with van der Waals surface area (Å²) in [7, 11) is 0. The van der Waals surface area contributed by atoms with E-state index < -0.39 is 5.91 Å². The molecule has 9 heteroatoms. The van der Waals surface area contributed by atoms with E-state index in [1.807, 2.05) is 12.1 Å². The molecule has 3 aromatic carbocycles. The number of aromatic amines is 1. The quantitative estimate of drug-likeness (QED) is 0.381. The van der Waals surface area contributed by atoms with Gasteiger partial charge in [0.25, 0.3) is 5.91 Å². The number of hydrogen-bond donors (Lipinski definition) is 3. The number of nitrogens with zero attached hydrogens (tertiary/aromatic N) is 4. The first kappa shape index (κ1) is 19.1. The molecule has 0 unspecified atom stereocenters. The van der Waals surface area contributed by atoms with E-state index in [-0.39, 0.29) is 28.4 Å². The third-order valence-electron chi connectivity index (χ3n) is 4.31. The maximum atomic E-state index is 12.8. The molecule has 30 heavy (non-hydrogen) atoms. The number of aromatic nitrogens is 2. The average Bonchev–Trinajstić information content (AvgIpc) is 3.20. The third kappa shape index (κ3) is 3.70. The largest absolute Gasteiger partial charge is 0.505 e. The first-order valence-electron chi connectivity index (χ1n) is 8.73. The van der Waals surface area contributed by atoms with Crippen molar-refractivity contribution < 1.29 is 9.90 Å². The minimum atomic E-state index is -0.531. The van der Waals surface area contributed by atoms with Crippen LogP contribution in [-0.4, -0.2) is 21.2 Å². The van der Waals surface area contributed by atoms with Crippen molar-refractivity contribution in [1.29, 1.82) is 5.26 Å². The standard InChI is InChI=1S/C21H13ClN6O2/c22-14-5-3-6-15(9-14)25-21(30)17-8-12-4-1-2-7-16(12)18(19(17)29)26-28-20-13(10-23)11-24-27-20/h1-9,11,29H,(H,24,27)(H,25,30). The fourth-order valence-corrected chi connectivity index (χ4v) is 3.08. The Morgan fingerprint density at radius 2 is 2.00 bits per heavy atom. The molecule has 0 radical (unpaired) electrons. The Labute approximate surface area is 175 Å². The number of halogens is 1. The molecule has 0 spiro atoms. The van der Waals surface area contributed by atoms with Crippen LogP contribution in [0.2, 0.25) is 5.02 Å². The van der Waals surface area contributed by atoms with Gasteiger partial charge in [0.2, 0.25) is 0 Å². The number of rotatable bonds is 4. The number of fused-ring (bicyclic) bond motifs is 1. The van der Waals surface area contributed by atoms with Crippen LogP contribution in [0, 0.1) is 11.3 Å². The Balaban J connectivity index is 1.79. The first-order valence-corrected chi connectivity index (χ1v) is 9.11. The second kappa shape index (κ2) is 8.03. The van der Waals surface area contributed by atoms with Crippen LogP contribution in [-0.2, 0) is 0 Å². The van der Waals surface area contributed by atoms with E-state index in [1.165, 1.54) is 6.20 Å². The van der Waals surface area contributed by atoms with Crippen molar-refractivity contribution in [1.82, 2.24) is 10.2 Å². The molecule has 4 rings (SSSR count). The van der Waals surface area contributed by atoms with Gasteiger partial charge >= 0.3 is 0 Å². The van der Waals surface area contributed by atoms with E-state index in [9.17, 15) is 9.90 Å². The number of hydrogen-bond acceptors (Lipinski definition) is 6. The maximum Gasteiger partial charge on any atom is 0.259 e. The highest BCUT2D eigenvalue weighted by Crippen LogP contribution is 2.39. The lowest BCUT2D eigenvalue weighted by atomic mass is 10.0. The zero-order valence-corrected chi connectivity index (χ0v) is 16.1. The normalized spacial score (nSPS) is 10.9. The molecule has 4 aromatic rings. The predicted molar refractivity (Wildman–Crippen MR) is 112 cm³/mol. The summed E-state index contributed by atoms with van der Waals surface area (Å²) < 4.78 is 0. The van der Waals surface area contributed by atoms with E-state index in [0.29, 0.717) is 21.5 Å². The van der Waals surface area contributed by atoms with Crippen LogP contribution in [0.3, 0.4) is 0 Å². The Kier molecular flexibility index (Phi) is 5.11. The van der Waals surface area contributed by atoms with E-state index in [1.54, 1.807) is 48.5 Å². The summed E-state index contributed by atoms with van der Waals surface area (Å²) in [5, 5.41) is 38.8. The zero-order chi connectivity index (χ0) is 21.1. The van der Waals surface area contributed by atoms with Gasteiger partial charge in [-0.1, -0.05) is 41.9 Å². The Morgan fingerprint density at radius 1 is 1.17 bits per heavy atom. The van der Waals surface area contributed by atoms with Crippen molar-refractivity contribution in [3.63, 3.8) is 0 Å². The lowest BCUT2D eigenvalue weighted by Crippen LogP contribution is -2.12. The molecule has 0 saturated carbocycles. The summed E-state index contributed by atoms with van der Waals surface area (Å²) >= 11 is 5.96. The van der Waals surface area contributed by atoms with Crippen LogP contribution < -0.4 is 5.32 Å². The molecule has 0 fully saturated rings. The molecule has 0 saturated heterocycles. The Bertz CT molecular complexity index is 1340. The summed E-state index contributed by atoms with van der Waals surface area (Å²) in [5.74, 6) is -0.721. The number of phenols is 1. The molecule has 0 bridgehead atoms.